The zero-order valence-electron chi connectivity index (χ0n) is 9.57. The summed E-state index contributed by atoms with van der Waals surface area (Å²) in [5.74, 6) is -2.20. The van der Waals surface area contributed by atoms with Gasteiger partial charge in [0.1, 0.15) is 5.82 Å². The van der Waals surface area contributed by atoms with E-state index in [0.29, 0.717) is 12.8 Å². The molecule has 1 saturated carbocycles. The molecule has 5 nitrogen and oxygen atoms in total. The van der Waals surface area contributed by atoms with E-state index in [-0.39, 0.29) is 23.7 Å². The molecule has 1 amide bonds. The third-order valence-electron chi connectivity index (χ3n) is 3.19. The second kappa shape index (κ2) is 4.38. The molecule has 0 aliphatic heterocycles. The molecule has 1 aliphatic rings. The summed E-state index contributed by atoms with van der Waals surface area (Å²) in [6, 6.07) is 3.26. The van der Waals surface area contributed by atoms with Crippen LogP contribution in [0.15, 0.2) is 18.2 Å². The lowest BCUT2D eigenvalue weighted by atomic mass is 10.1. The second-order valence-electron chi connectivity index (χ2n) is 4.44. The molecule has 0 radical (unpaired) electrons. The van der Waals surface area contributed by atoms with Crippen LogP contribution in [0.4, 0.5) is 10.1 Å². The Labute approximate surface area is 103 Å². The van der Waals surface area contributed by atoms with Gasteiger partial charge in [0, 0.05) is 6.54 Å². The number of carbonyl (C=O) groups is 2. The molecule has 6 heteroatoms. The minimum atomic E-state index is -1.18. The zero-order valence-corrected chi connectivity index (χ0v) is 9.57. The van der Waals surface area contributed by atoms with E-state index in [4.69, 9.17) is 10.8 Å². The molecule has 0 aromatic heterocycles. The van der Waals surface area contributed by atoms with Gasteiger partial charge in [0.15, 0.2) is 0 Å². The Morgan fingerprint density at radius 3 is 2.61 bits per heavy atom. The van der Waals surface area contributed by atoms with Crippen molar-refractivity contribution >= 4 is 17.6 Å². The number of carboxylic acid groups (broad SMARTS) is 1. The fourth-order valence-electron chi connectivity index (χ4n) is 1.68. The highest BCUT2D eigenvalue weighted by atomic mass is 19.1. The van der Waals surface area contributed by atoms with Crippen LogP contribution in [-0.2, 0) is 4.79 Å². The van der Waals surface area contributed by atoms with Gasteiger partial charge in [-0.3, -0.25) is 4.79 Å². The molecule has 18 heavy (non-hydrogen) atoms. The first kappa shape index (κ1) is 12.5. The first-order valence-corrected chi connectivity index (χ1v) is 5.53. The number of carbonyl (C=O) groups excluding carboxylic acids is 1. The van der Waals surface area contributed by atoms with Crippen molar-refractivity contribution in [2.24, 2.45) is 11.1 Å². The number of carboxylic acids is 1. The van der Waals surface area contributed by atoms with Gasteiger partial charge in [-0.05, 0) is 31.0 Å². The number of anilines is 1. The maximum absolute atomic E-state index is 13.5. The van der Waals surface area contributed by atoms with Gasteiger partial charge in [0.2, 0.25) is 5.91 Å². The standard InChI is InChI=1S/C12H13FN2O3/c13-8-2-1-7(10(16)17)5-9(8)15-11(18)12(6-14)3-4-12/h1-2,5H,3-4,6,14H2,(H,15,18)(H,16,17). The van der Waals surface area contributed by atoms with Crippen molar-refractivity contribution < 1.29 is 19.1 Å². The normalized spacial score (nSPS) is 16.1. The number of hydrogen-bond donors (Lipinski definition) is 3. The highest BCUT2D eigenvalue weighted by molar-refractivity contribution is 5.98. The Hall–Kier alpha value is -1.95. The van der Waals surface area contributed by atoms with Crippen molar-refractivity contribution in [1.82, 2.24) is 0 Å². The van der Waals surface area contributed by atoms with Crippen molar-refractivity contribution in [3.05, 3.63) is 29.6 Å². The summed E-state index contributed by atoms with van der Waals surface area (Å²) >= 11 is 0. The number of aromatic carboxylic acids is 1. The summed E-state index contributed by atoms with van der Waals surface area (Å²) in [7, 11) is 0. The summed E-state index contributed by atoms with van der Waals surface area (Å²) in [4.78, 5) is 22.6. The quantitative estimate of drug-likeness (QED) is 0.750. The fraction of sp³-hybridized carbons (Fsp3) is 0.333. The molecule has 0 spiro atoms. The van der Waals surface area contributed by atoms with Gasteiger partial charge < -0.3 is 16.2 Å². The topological polar surface area (TPSA) is 92.4 Å². The molecule has 0 bridgehead atoms. The van der Waals surface area contributed by atoms with E-state index in [1.165, 1.54) is 0 Å². The Bertz CT molecular complexity index is 512. The average Bonchev–Trinajstić information content (AvgIpc) is 3.12. The van der Waals surface area contributed by atoms with Gasteiger partial charge in [-0.25, -0.2) is 9.18 Å². The largest absolute Gasteiger partial charge is 0.478 e. The van der Waals surface area contributed by atoms with Crippen LogP contribution in [0.25, 0.3) is 0 Å². The lowest BCUT2D eigenvalue weighted by molar-refractivity contribution is -0.120. The molecule has 1 aliphatic carbocycles. The minimum absolute atomic E-state index is 0.0794. The predicted octanol–water partition coefficient (Wildman–Crippen LogP) is 1.20. The van der Waals surface area contributed by atoms with Gasteiger partial charge in [-0.2, -0.15) is 0 Å². The molecule has 1 fully saturated rings. The predicted molar refractivity (Wildman–Crippen MR) is 62.7 cm³/mol. The molecule has 0 atom stereocenters. The monoisotopic (exact) mass is 252 g/mol. The Morgan fingerprint density at radius 1 is 1.44 bits per heavy atom. The van der Waals surface area contributed by atoms with E-state index in [1.807, 2.05) is 0 Å². The first-order chi connectivity index (χ1) is 8.48. The number of amides is 1. The summed E-state index contributed by atoms with van der Waals surface area (Å²) in [5.41, 5.74) is 4.68. The van der Waals surface area contributed by atoms with Crippen molar-refractivity contribution in [3.63, 3.8) is 0 Å². The van der Waals surface area contributed by atoms with E-state index in [1.54, 1.807) is 0 Å². The lowest BCUT2D eigenvalue weighted by Crippen LogP contribution is -2.31. The molecular weight excluding hydrogens is 239 g/mol. The van der Waals surface area contributed by atoms with Crippen LogP contribution in [0.1, 0.15) is 23.2 Å². The summed E-state index contributed by atoms with van der Waals surface area (Å²) < 4.78 is 13.5. The van der Waals surface area contributed by atoms with Gasteiger partial charge >= 0.3 is 5.97 Å². The van der Waals surface area contributed by atoms with E-state index < -0.39 is 17.2 Å². The zero-order chi connectivity index (χ0) is 13.3. The molecule has 0 heterocycles. The summed E-state index contributed by atoms with van der Waals surface area (Å²) in [5, 5.41) is 11.2. The highest BCUT2D eigenvalue weighted by Gasteiger charge is 2.48. The van der Waals surface area contributed by atoms with E-state index in [0.717, 1.165) is 18.2 Å². The number of nitrogens with two attached hydrogens (primary N) is 1. The van der Waals surface area contributed by atoms with E-state index >= 15 is 0 Å². The maximum Gasteiger partial charge on any atom is 0.335 e. The number of hydrogen-bond acceptors (Lipinski definition) is 3. The average molecular weight is 252 g/mol. The first-order valence-electron chi connectivity index (χ1n) is 5.53. The van der Waals surface area contributed by atoms with Crippen LogP contribution in [0.5, 0.6) is 0 Å². The molecule has 1 aromatic carbocycles. The van der Waals surface area contributed by atoms with Crippen LogP contribution in [0.2, 0.25) is 0 Å². The summed E-state index contributed by atoms with van der Waals surface area (Å²) in [6.07, 6.45) is 1.35. The lowest BCUT2D eigenvalue weighted by Gasteiger charge is -2.13. The van der Waals surface area contributed by atoms with Crippen LogP contribution in [0.3, 0.4) is 0 Å². The van der Waals surface area contributed by atoms with Gasteiger partial charge in [0.25, 0.3) is 0 Å². The molecule has 4 N–H and O–H groups in total. The number of benzene rings is 1. The van der Waals surface area contributed by atoms with Gasteiger partial charge in [0.05, 0.1) is 16.7 Å². The highest BCUT2D eigenvalue weighted by Crippen LogP contribution is 2.45. The molecule has 96 valence electrons. The number of nitrogens with one attached hydrogen (secondary N) is 1. The molecule has 1 aromatic rings. The number of rotatable bonds is 4. The fourth-order valence-corrected chi connectivity index (χ4v) is 1.68. The van der Waals surface area contributed by atoms with Crippen LogP contribution < -0.4 is 11.1 Å². The van der Waals surface area contributed by atoms with Crippen molar-refractivity contribution in [2.45, 2.75) is 12.8 Å². The third-order valence-corrected chi connectivity index (χ3v) is 3.19. The molecule has 0 saturated heterocycles. The molecule has 2 rings (SSSR count). The Morgan fingerprint density at radius 2 is 2.11 bits per heavy atom. The smallest absolute Gasteiger partial charge is 0.335 e. The van der Waals surface area contributed by atoms with Crippen LogP contribution >= 0.6 is 0 Å². The SMILES string of the molecule is NCC1(C(=O)Nc2cc(C(=O)O)ccc2F)CC1. The van der Waals surface area contributed by atoms with Crippen molar-refractivity contribution in [2.75, 3.05) is 11.9 Å². The molecular formula is C12H13FN2O3. The van der Waals surface area contributed by atoms with Crippen LogP contribution in [-0.4, -0.2) is 23.5 Å². The second-order valence-corrected chi connectivity index (χ2v) is 4.44. The van der Waals surface area contributed by atoms with Crippen molar-refractivity contribution in [3.8, 4) is 0 Å². The van der Waals surface area contributed by atoms with Crippen molar-refractivity contribution in [1.29, 1.82) is 0 Å². The van der Waals surface area contributed by atoms with Gasteiger partial charge in [-0.1, -0.05) is 0 Å². The van der Waals surface area contributed by atoms with Crippen LogP contribution in [0, 0.1) is 11.2 Å². The minimum Gasteiger partial charge on any atom is -0.478 e. The summed E-state index contributed by atoms with van der Waals surface area (Å²) in [6.45, 7) is 0.207. The van der Waals surface area contributed by atoms with Gasteiger partial charge in [-0.15, -0.1) is 0 Å². The number of halogens is 1. The third kappa shape index (κ3) is 2.19. The van der Waals surface area contributed by atoms with E-state index in [2.05, 4.69) is 5.32 Å². The molecule has 0 unspecified atom stereocenters. The Kier molecular flexibility index (Phi) is 3.04. The van der Waals surface area contributed by atoms with E-state index in [9.17, 15) is 14.0 Å². The maximum atomic E-state index is 13.5. The Balaban J connectivity index is 2.21.